The predicted molar refractivity (Wildman–Crippen MR) is 118 cm³/mol. The van der Waals surface area contributed by atoms with Crippen LogP contribution < -0.4 is 15.6 Å². The number of sulfonamides is 1. The highest BCUT2D eigenvalue weighted by molar-refractivity contribution is 7.89. The molecule has 3 aromatic rings. The lowest BCUT2D eigenvalue weighted by molar-refractivity contribution is -0.123. The van der Waals surface area contributed by atoms with Gasteiger partial charge in [-0.3, -0.25) is 20.4 Å². The third-order valence-corrected chi connectivity index (χ3v) is 6.19. The van der Waals surface area contributed by atoms with E-state index in [-0.39, 0.29) is 12.0 Å². The average Bonchev–Trinajstić information content (AvgIpc) is 2.78. The van der Waals surface area contributed by atoms with E-state index in [0.717, 1.165) is 12.1 Å². The summed E-state index contributed by atoms with van der Waals surface area (Å²) in [6.07, 6.45) is -0.0306. The normalized spacial score (nSPS) is 12.1. The highest BCUT2D eigenvalue weighted by Gasteiger charge is 2.28. The summed E-state index contributed by atoms with van der Waals surface area (Å²) in [4.78, 5) is 24.4. The monoisotopic (exact) mass is 475 g/mol. The number of hydrogen-bond acceptors (Lipinski definition) is 4. The first-order valence-corrected chi connectivity index (χ1v) is 11.3. The van der Waals surface area contributed by atoms with Crippen LogP contribution in [0.2, 0.25) is 5.02 Å². The largest absolute Gasteiger partial charge is 0.271 e. The molecule has 0 unspecified atom stereocenters. The Morgan fingerprint density at radius 1 is 0.875 bits per heavy atom. The maximum Gasteiger partial charge on any atom is 0.269 e. The van der Waals surface area contributed by atoms with Crippen LogP contribution in [0.4, 0.5) is 4.39 Å². The highest BCUT2D eigenvalue weighted by atomic mass is 35.5. The second-order valence-electron chi connectivity index (χ2n) is 6.74. The first kappa shape index (κ1) is 23.4. The zero-order chi connectivity index (χ0) is 23.1. The number of hydrogen-bond donors (Lipinski definition) is 3. The number of hydrazine groups is 1. The standard InChI is InChI=1S/C22H19ClFN3O4S/c23-17-12-10-16(11-13-17)21(28)25-26-22(29)19(14-15-6-2-1-3-7-15)27-32(30,31)20-9-5-4-8-18(20)24/h1-13,19,27H,14H2,(H,25,28)(H,26,29)/t19-/m1/s1. The van der Waals surface area contributed by atoms with Gasteiger partial charge in [-0.2, -0.15) is 4.72 Å². The summed E-state index contributed by atoms with van der Waals surface area (Å²) in [7, 11) is -4.36. The summed E-state index contributed by atoms with van der Waals surface area (Å²) in [5.41, 5.74) is 5.34. The number of carbonyl (C=O) groups is 2. The lowest BCUT2D eigenvalue weighted by Crippen LogP contribution is -2.53. The quantitative estimate of drug-likeness (QED) is 0.457. The van der Waals surface area contributed by atoms with Crippen LogP contribution in [-0.4, -0.2) is 26.3 Å². The minimum absolute atomic E-state index is 0.0306. The van der Waals surface area contributed by atoms with Gasteiger partial charge in [0.05, 0.1) is 0 Å². The van der Waals surface area contributed by atoms with Gasteiger partial charge < -0.3 is 0 Å². The SMILES string of the molecule is O=C(NNC(=O)[C@@H](Cc1ccccc1)NS(=O)(=O)c1ccccc1F)c1ccc(Cl)cc1. The zero-order valence-electron chi connectivity index (χ0n) is 16.6. The van der Waals surface area contributed by atoms with Crippen LogP contribution in [0.25, 0.3) is 0 Å². The van der Waals surface area contributed by atoms with Crippen LogP contribution >= 0.6 is 11.6 Å². The number of carbonyl (C=O) groups excluding carboxylic acids is 2. The molecular formula is C22H19ClFN3O4S. The Kier molecular flexibility index (Phi) is 7.57. The highest BCUT2D eigenvalue weighted by Crippen LogP contribution is 2.15. The molecule has 2 amide bonds. The van der Waals surface area contributed by atoms with Gasteiger partial charge in [-0.15, -0.1) is 0 Å². The van der Waals surface area contributed by atoms with Crippen LogP contribution in [0.15, 0.2) is 83.8 Å². The van der Waals surface area contributed by atoms with Gasteiger partial charge in [0.15, 0.2) is 0 Å². The summed E-state index contributed by atoms with van der Waals surface area (Å²) in [5, 5.41) is 0.441. The molecule has 10 heteroatoms. The van der Waals surface area contributed by atoms with Crippen LogP contribution in [0.3, 0.4) is 0 Å². The van der Waals surface area contributed by atoms with Gasteiger partial charge in [-0.25, -0.2) is 12.8 Å². The van der Waals surface area contributed by atoms with E-state index in [1.54, 1.807) is 30.3 Å². The number of amides is 2. The van der Waals surface area contributed by atoms with E-state index in [1.165, 1.54) is 36.4 Å². The van der Waals surface area contributed by atoms with E-state index in [0.29, 0.717) is 10.6 Å². The predicted octanol–water partition coefficient (Wildman–Crippen LogP) is 2.83. The molecule has 3 rings (SSSR count). The van der Waals surface area contributed by atoms with E-state index in [1.807, 2.05) is 0 Å². The van der Waals surface area contributed by atoms with Gasteiger partial charge in [0.2, 0.25) is 10.0 Å². The summed E-state index contributed by atoms with van der Waals surface area (Å²) >= 11 is 5.79. The molecule has 0 heterocycles. The molecule has 3 aromatic carbocycles. The van der Waals surface area contributed by atoms with Crippen molar-refractivity contribution in [3.05, 3.63) is 101 Å². The fourth-order valence-electron chi connectivity index (χ4n) is 2.83. The second-order valence-corrected chi connectivity index (χ2v) is 8.86. The van der Waals surface area contributed by atoms with Crippen LogP contribution in [0.1, 0.15) is 15.9 Å². The van der Waals surface area contributed by atoms with Crippen LogP contribution in [0.5, 0.6) is 0 Å². The molecule has 0 aliphatic heterocycles. The van der Waals surface area contributed by atoms with Crippen LogP contribution in [-0.2, 0) is 21.2 Å². The Morgan fingerprint density at radius 2 is 1.50 bits per heavy atom. The number of halogens is 2. The maximum absolute atomic E-state index is 14.0. The minimum atomic E-state index is -4.36. The summed E-state index contributed by atoms with van der Waals surface area (Å²) in [6, 6.07) is 18.1. The first-order valence-electron chi connectivity index (χ1n) is 9.43. The van der Waals surface area contributed by atoms with Gasteiger partial charge in [0.1, 0.15) is 16.8 Å². The second kappa shape index (κ2) is 10.4. The molecule has 0 aliphatic carbocycles. The van der Waals surface area contributed by atoms with Crippen molar-refractivity contribution < 1.29 is 22.4 Å². The maximum atomic E-state index is 14.0. The molecule has 0 bridgehead atoms. The lowest BCUT2D eigenvalue weighted by Gasteiger charge is -2.19. The van der Waals surface area contributed by atoms with Crippen molar-refractivity contribution in [3.8, 4) is 0 Å². The fraction of sp³-hybridized carbons (Fsp3) is 0.0909. The van der Waals surface area contributed by atoms with E-state index in [9.17, 15) is 22.4 Å². The molecule has 0 aliphatic rings. The molecule has 7 nitrogen and oxygen atoms in total. The summed E-state index contributed by atoms with van der Waals surface area (Å²) < 4.78 is 41.7. The van der Waals surface area contributed by atoms with Crippen molar-refractivity contribution in [1.29, 1.82) is 0 Å². The number of rotatable bonds is 7. The third-order valence-electron chi connectivity index (χ3n) is 4.43. The molecule has 0 saturated heterocycles. The van der Waals surface area contributed by atoms with Crippen molar-refractivity contribution in [3.63, 3.8) is 0 Å². The Hall–Kier alpha value is -3.27. The average molecular weight is 476 g/mol. The Bertz CT molecular complexity index is 1210. The molecule has 166 valence electrons. The molecule has 32 heavy (non-hydrogen) atoms. The number of nitrogens with one attached hydrogen (secondary N) is 3. The van der Waals surface area contributed by atoms with Crippen LogP contribution in [0, 0.1) is 5.82 Å². The molecule has 0 fully saturated rings. The molecule has 0 spiro atoms. The minimum Gasteiger partial charge on any atom is -0.271 e. The van der Waals surface area contributed by atoms with Gasteiger partial charge in [-0.05, 0) is 48.4 Å². The molecule has 3 N–H and O–H groups in total. The van der Waals surface area contributed by atoms with Crippen molar-refractivity contribution in [1.82, 2.24) is 15.6 Å². The molecule has 1 atom stereocenters. The lowest BCUT2D eigenvalue weighted by atomic mass is 10.1. The van der Waals surface area contributed by atoms with E-state index < -0.39 is 38.6 Å². The van der Waals surface area contributed by atoms with Gasteiger partial charge >= 0.3 is 0 Å². The van der Waals surface area contributed by atoms with E-state index in [4.69, 9.17) is 11.6 Å². The summed E-state index contributed by atoms with van der Waals surface area (Å²) in [5.74, 6) is -2.39. The van der Waals surface area contributed by atoms with Crippen molar-refractivity contribution >= 4 is 33.4 Å². The molecule has 0 radical (unpaired) electrons. The number of benzene rings is 3. The molecular weight excluding hydrogens is 457 g/mol. The smallest absolute Gasteiger partial charge is 0.269 e. The Morgan fingerprint density at radius 3 is 2.16 bits per heavy atom. The van der Waals surface area contributed by atoms with Gasteiger partial charge in [0, 0.05) is 10.6 Å². The van der Waals surface area contributed by atoms with Gasteiger partial charge in [-0.1, -0.05) is 54.1 Å². The Balaban J connectivity index is 1.77. The Labute approximate surface area is 189 Å². The molecule has 0 saturated carbocycles. The van der Waals surface area contributed by atoms with E-state index >= 15 is 0 Å². The van der Waals surface area contributed by atoms with E-state index in [2.05, 4.69) is 15.6 Å². The van der Waals surface area contributed by atoms with Crippen molar-refractivity contribution in [2.75, 3.05) is 0 Å². The summed E-state index contributed by atoms with van der Waals surface area (Å²) in [6.45, 7) is 0. The topological polar surface area (TPSA) is 104 Å². The molecule has 0 aromatic heterocycles. The first-order chi connectivity index (χ1) is 15.3. The third kappa shape index (κ3) is 6.13. The van der Waals surface area contributed by atoms with Crippen molar-refractivity contribution in [2.45, 2.75) is 17.4 Å². The van der Waals surface area contributed by atoms with Crippen molar-refractivity contribution in [2.24, 2.45) is 0 Å². The zero-order valence-corrected chi connectivity index (χ0v) is 18.2. The van der Waals surface area contributed by atoms with Gasteiger partial charge in [0.25, 0.3) is 11.8 Å². The fourth-order valence-corrected chi connectivity index (χ4v) is 4.23.